The van der Waals surface area contributed by atoms with Gasteiger partial charge in [0, 0.05) is 17.5 Å². The normalized spacial score (nSPS) is 11.0. The van der Waals surface area contributed by atoms with Crippen LogP contribution < -0.4 is 0 Å². The van der Waals surface area contributed by atoms with Gasteiger partial charge < -0.3 is 9.15 Å². The Balaban J connectivity index is 2.00. The maximum Gasteiger partial charge on any atom is 0.306 e. The number of hydrogen-bond acceptors (Lipinski definition) is 3. The Morgan fingerprint density at radius 3 is 2.94 bits per heavy atom. The number of ether oxygens (including phenoxy) is 1. The van der Waals surface area contributed by atoms with Crippen LogP contribution in [0.25, 0.3) is 11.1 Å². The second kappa shape index (κ2) is 5.04. The topological polar surface area (TPSA) is 39.4 Å². The zero-order valence-electron chi connectivity index (χ0n) is 10.1. The highest BCUT2D eigenvalue weighted by molar-refractivity contribution is 5.71. The molecule has 1 heterocycles. The van der Waals surface area contributed by atoms with Gasteiger partial charge >= 0.3 is 5.97 Å². The Morgan fingerprint density at radius 2 is 2.18 bits per heavy atom. The minimum atomic E-state index is -0.163. The van der Waals surface area contributed by atoms with Crippen LogP contribution in [-0.2, 0) is 16.1 Å². The zero-order chi connectivity index (χ0) is 12.3. The molecule has 0 saturated carbocycles. The fourth-order valence-corrected chi connectivity index (χ4v) is 1.74. The maximum atomic E-state index is 11.4. The predicted octanol–water partition coefficient (Wildman–Crippen LogP) is 3.47. The molecule has 17 heavy (non-hydrogen) atoms. The summed E-state index contributed by atoms with van der Waals surface area (Å²) < 4.78 is 10.4. The van der Waals surface area contributed by atoms with Gasteiger partial charge in [-0.05, 0) is 11.5 Å². The lowest BCUT2D eigenvalue weighted by molar-refractivity contribution is -0.145. The second-order valence-corrected chi connectivity index (χ2v) is 4.55. The molecule has 2 aliphatic rings. The van der Waals surface area contributed by atoms with Crippen molar-refractivity contribution in [2.45, 2.75) is 26.9 Å². The average molecular weight is 232 g/mol. The van der Waals surface area contributed by atoms with Gasteiger partial charge in [0.1, 0.15) is 6.61 Å². The van der Waals surface area contributed by atoms with Gasteiger partial charge in [-0.3, -0.25) is 4.79 Å². The van der Waals surface area contributed by atoms with E-state index in [0.29, 0.717) is 12.3 Å². The molecule has 0 atom stereocenters. The monoisotopic (exact) mass is 232 g/mol. The van der Waals surface area contributed by atoms with Gasteiger partial charge in [0.25, 0.3) is 0 Å². The van der Waals surface area contributed by atoms with E-state index in [1.165, 1.54) is 0 Å². The Bertz CT molecular complexity index is 470. The summed E-state index contributed by atoms with van der Waals surface area (Å²) in [5.41, 5.74) is 3.01. The van der Waals surface area contributed by atoms with Crippen LogP contribution in [0.3, 0.4) is 0 Å². The lowest BCUT2D eigenvalue weighted by atomic mass is 10.1. The van der Waals surface area contributed by atoms with Crippen molar-refractivity contribution in [2.24, 2.45) is 5.92 Å². The molecule has 0 fully saturated rings. The molecule has 0 saturated heterocycles. The Morgan fingerprint density at radius 1 is 1.35 bits per heavy atom. The van der Waals surface area contributed by atoms with E-state index in [4.69, 9.17) is 9.15 Å². The molecule has 0 radical (unpaired) electrons. The van der Waals surface area contributed by atoms with E-state index in [2.05, 4.69) is 0 Å². The van der Waals surface area contributed by atoms with Crippen molar-refractivity contribution in [3.05, 3.63) is 36.3 Å². The zero-order valence-corrected chi connectivity index (χ0v) is 10.1. The molecule has 0 bridgehead atoms. The number of esters is 1. The number of hydrogen-bond donors (Lipinski definition) is 0. The lowest BCUT2D eigenvalue weighted by Gasteiger charge is -2.09. The third-order valence-corrected chi connectivity index (χ3v) is 2.56. The van der Waals surface area contributed by atoms with E-state index < -0.39 is 0 Å². The molecule has 1 aliphatic heterocycles. The van der Waals surface area contributed by atoms with Crippen LogP contribution in [0.4, 0.5) is 0 Å². The number of rotatable bonds is 4. The third kappa shape index (κ3) is 2.87. The molecule has 0 N–H and O–H groups in total. The van der Waals surface area contributed by atoms with E-state index in [9.17, 15) is 4.79 Å². The predicted molar refractivity (Wildman–Crippen MR) is 64.6 cm³/mol. The first-order valence-corrected chi connectivity index (χ1v) is 5.76. The Hall–Kier alpha value is -1.77. The van der Waals surface area contributed by atoms with Crippen LogP contribution in [0.2, 0.25) is 0 Å². The molecule has 1 aliphatic carbocycles. The Labute approximate surface area is 101 Å². The van der Waals surface area contributed by atoms with Gasteiger partial charge in [-0.2, -0.15) is 0 Å². The number of carbonyl (C=O) groups is 1. The minimum Gasteiger partial charge on any atom is -0.472 e. The first-order chi connectivity index (χ1) is 8.16. The van der Waals surface area contributed by atoms with E-state index in [1.54, 1.807) is 12.5 Å². The highest BCUT2D eigenvalue weighted by Gasteiger charge is 2.11. The van der Waals surface area contributed by atoms with E-state index >= 15 is 0 Å². The number of fused-ring (bicyclic) bond motifs is 1. The smallest absolute Gasteiger partial charge is 0.306 e. The molecule has 3 nitrogen and oxygen atoms in total. The molecular formula is C14H16O3. The minimum absolute atomic E-state index is 0.163. The van der Waals surface area contributed by atoms with E-state index in [0.717, 1.165) is 16.7 Å². The molecule has 0 aromatic rings. The molecule has 2 rings (SSSR count). The highest BCUT2D eigenvalue weighted by atomic mass is 16.5. The fraction of sp³-hybridized carbons (Fsp3) is 0.357. The van der Waals surface area contributed by atoms with Gasteiger partial charge in [0.05, 0.1) is 12.5 Å². The lowest BCUT2D eigenvalue weighted by Crippen LogP contribution is -2.08. The van der Waals surface area contributed by atoms with Crippen LogP contribution in [0.1, 0.15) is 25.8 Å². The van der Waals surface area contributed by atoms with Crippen molar-refractivity contribution in [3.8, 4) is 11.1 Å². The fourth-order valence-electron chi connectivity index (χ4n) is 1.74. The van der Waals surface area contributed by atoms with Gasteiger partial charge in [-0.25, -0.2) is 0 Å². The van der Waals surface area contributed by atoms with Crippen molar-refractivity contribution in [2.75, 3.05) is 0 Å². The number of carbonyl (C=O) groups excluding carboxylic acids is 1. The molecule has 0 amide bonds. The molecule has 0 aromatic heterocycles. The summed E-state index contributed by atoms with van der Waals surface area (Å²) in [6, 6.07) is 5.92. The summed E-state index contributed by atoms with van der Waals surface area (Å²) in [6.45, 7) is 4.26. The molecule has 3 heteroatoms. The largest absolute Gasteiger partial charge is 0.472 e. The average Bonchev–Trinajstić information content (AvgIpc) is 2.73. The molecule has 0 spiro atoms. The second-order valence-electron chi connectivity index (χ2n) is 4.55. The first-order valence-electron chi connectivity index (χ1n) is 5.76. The molecule has 0 unspecified atom stereocenters. The van der Waals surface area contributed by atoms with Crippen LogP contribution in [-0.4, -0.2) is 5.97 Å². The quantitative estimate of drug-likeness (QED) is 0.758. The Kier molecular flexibility index (Phi) is 3.47. The molecular weight excluding hydrogens is 216 g/mol. The van der Waals surface area contributed by atoms with E-state index in [-0.39, 0.29) is 12.6 Å². The van der Waals surface area contributed by atoms with Crippen molar-refractivity contribution < 1.29 is 13.9 Å². The summed E-state index contributed by atoms with van der Waals surface area (Å²) in [4.78, 5) is 11.4. The first kappa shape index (κ1) is 11.7. The van der Waals surface area contributed by atoms with Crippen molar-refractivity contribution in [1.29, 1.82) is 0 Å². The van der Waals surface area contributed by atoms with Crippen molar-refractivity contribution in [3.63, 3.8) is 0 Å². The van der Waals surface area contributed by atoms with Crippen LogP contribution in [0.5, 0.6) is 0 Å². The summed E-state index contributed by atoms with van der Waals surface area (Å²) in [5.74, 6) is 0.158. The van der Waals surface area contributed by atoms with Crippen LogP contribution >= 0.6 is 0 Å². The van der Waals surface area contributed by atoms with Gasteiger partial charge in [0.2, 0.25) is 0 Å². The van der Waals surface area contributed by atoms with Gasteiger partial charge in [-0.15, -0.1) is 0 Å². The summed E-state index contributed by atoms with van der Waals surface area (Å²) in [7, 11) is 0. The maximum absolute atomic E-state index is 11.4. The van der Waals surface area contributed by atoms with Gasteiger partial charge in [-0.1, -0.05) is 32.0 Å². The molecule has 90 valence electrons. The van der Waals surface area contributed by atoms with Crippen LogP contribution in [0.15, 0.2) is 35.1 Å². The summed E-state index contributed by atoms with van der Waals surface area (Å²) in [5, 5.41) is 0. The molecule has 0 aromatic carbocycles. The van der Waals surface area contributed by atoms with Crippen LogP contribution in [0, 0.1) is 5.92 Å². The van der Waals surface area contributed by atoms with E-state index in [1.807, 2.05) is 32.0 Å². The highest BCUT2D eigenvalue weighted by Crippen LogP contribution is 2.27. The standard InChI is InChI=1S/C14H16O3/c1-10(2)6-14(15)17-9-12-8-16-7-11-4-3-5-13(11)12/h3-5,7-8,10H,6,9H2,1-2H3. The summed E-state index contributed by atoms with van der Waals surface area (Å²) >= 11 is 0. The van der Waals surface area contributed by atoms with Crippen molar-refractivity contribution >= 4 is 5.97 Å². The SMILES string of the molecule is CC(C)CC(=O)OCc1cocc2cccc1-2. The van der Waals surface area contributed by atoms with Crippen molar-refractivity contribution in [1.82, 2.24) is 0 Å². The van der Waals surface area contributed by atoms with Gasteiger partial charge in [0.15, 0.2) is 0 Å². The summed E-state index contributed by atoms with van der Waals surface area (Å²) in [6.07, 6.45) is 3.77. The third-order valence-electron chi connectivity index (χ3n) is 2.56.